The normalized spacial score (nSPS) is 15.2. The fraction of sp³-hybridized carbons (Fsp3) is 0.486. The molecule has 0 radical (unpaired) electrons. The van der Waals surface area contributed by atoms with Crippen molar-refractivity contribution in [3.8, 4) is 17.2 Å². The molecule has 14 heteroatoms. The molecule has 0 aliphatic carbocycles. The molecular formula is C37H46F2N2O10. The number of methoxy groups -OCH3 is 2. The number of likely N-dealkylation sites (N-methyl/N-ethyl adjacent to an activating group) is 1. The highest BCUT2D eigenvalue weighted by Gasteiger charge is 2.42. The predicted molar refractivity (Wildman–Crippen MR) is 181 cm³/mol. The van der Waals surface area contributed by atoms with Crippen LogP contribution in [0.2, 0.25) is 0 Å². The van der Waals surface area contributed by atoms with Crippen LogP contribution >= 0.6 is 0 Å². The van der Waals surface area contributed by atoms with Crippen LogP contribution in [0.4, 0.5) is 8.78 Å². The number of rotatable bonds is 18. The van der Waals surface area contributed by atoms with Crippen molar-refractivity contribution in [3.05, 3.63) is 65.2 Å². The maximum atomic E-state index is 14.9. The SMILES string of the molecule is CNC/C=C\C(=O)OCC(C)(C)C(=O)C(=O)N1CCCC[C@H]1C(=O)O[C@H](CCc1ccc(OC)c(OC)c1)c1cc(F)c(F)c(OCC(C)=O)c1. The summed E-state index contributed by atoms with van der Waals surface area (Å²) < 4.78 is 56.6. The minimum atomic E-state index is -1.40. The van der Waals surface area contributed by atoms with Crippen molar-refractivity contribution in [1.29, 1.82) is 0 Å². The number of aryl methyl sites for hydroxylation is 1. The van der Waals surface area contributed by atoms with E-state index in [1.807, 2.05) is 0 Å². The molecule has 12 nitrogen and oxygen atoms in total. The summed E-state index contributed by atoms with van der Waals surface area (Å²) in [6.45, 7) is 3.81. The molecule has 2 atom stereocenters. The van der Waals surface area contributed by atoms with E-state index in [4.69, 9.17) is 23.7 Å². The zero-order valence-corrected chi connectivity index (χ0v) is 29.8. The standard InChI is InChI=1S/C37H46F2N2O10/c1-23(42)21-49-31-20-25(19-26(38)33(31)39)28(14-12-24-13-15-29(47-5)30(18-24)48-6)51-36(46)27-10-7-8-17-41(27)35(45)34(44)37(2,3)22-50-32(43)11-9-16-40-4/h9,11,13,15,18-20,27-28,40H,7-8,10,12,14,16-17,21-22H2,1-6H3/b11-9-/t27-,28+/m0/s1. The summed E-state index contributed by atoms with van der Waals surface area (Å²) in [6.07, 6.45) is 3.23. The molecule has 51 heavy (non-hydrogen) atoms. The fourth-order valence-electron chi connectivity index (χ4n) is 5.38. The molecule has 0 saturated carbocycles. The van der Waals surface area contributed by atoms with Gasteiger partial charge in [-0.25, -0.2) is 14.0 Å². The molecule has 1 aliphatic heterocycles. The van der Waals surface area contributed by atoms with E-state index in [1.165, 1.54) is 47.1 Å². The topological polar surface area (TPSA) is 147 Å². The highest BCUT2D eigenvalue weighted by Crippen LogP contribution is 2.34. The molecule has 2 aromatic carbocycles. The van der Waals surface area contributed by atoms with Gasteiger partial charge in [0.15, 0.2) is 28.8 Å². The fourth-order valence-corrected chi connectivity index (χ4v) is 5.38. The number of ketones is 2. The van der Waals surface area contributed by atoms with Gasteiger partial charge in [-0.2, -0.15) is 4.39 Å². The van der Waals surface area contributed by atoms with Gasteiger partial charge >= 0.3 is 11.9 Å². The Bertz CT molecular complexity index is 1610. The minimum absolute atomic E-state index is 0.0535. The van der Waals surface area contributed by atoms with Gasteiger partial charge in [0, 0.05) is 19.2 Å². The lowest BCUT2D eigenvalue weighted by molar-refractivity contribution is -0.165. The van der Waals surface area contributed by atoms with Gasteiger partial charge in [0.1, 0.15) is 25.4 Å². The zero-order valence-electron chi connectivity index (χ0n) is 29.8. The molecule has 3 rings (SSSR count). The van der Waals surface area contributed by atoms with Crippen LogP contribution in [0.15, 0.2) is 42.5 Å². The lowest BCUT2D eigenvalue weighted by Crippen LogP contribution is -2.53. The number of carbonyl (C=O) groups excluding carboxylic acids is 5. The van der Waals surface area contributed by atoms with Crippen molar-refractivity contribution in [2.24, 2.45) is 5.41 Å². The third-order valence-electron chi connectivity index (χ3n) is 8.22. The number of Topliss-reactive ketones (excluding diaryl/α,β-unsaturated/α-hetero) is 2. The summed E-state index contributed by atoms with van der Waals surface area (Å²) in [5.41, 5.74) is -0.595. The molecule has 0 spiro atoms. The average Bonchev–Trinajstić information content (AvgIpc) is 3.12. The highest BCUT2D eigenvalue weighted by molar-refractivity contribution is 6.38. The van der Waals surface area contributed by atoms with Crippen molar-refractivity contribution in [2.75, 3.05) is 47.6 Å². The molecule has 2 aromatic rings. The smallest absolute Gasteiger partial charge is 0.330 e. The molecule has 278 valence electrons. The van der Waals surface area contributed by atoms with Crippen LogP contribution < -0.4 is 19.5 Å². The number of piperidine rings is 1. The quantitative estimate of drug-likeness (QED) is 0.133. The van der Waals surface area contributed by atoms with Gasteiger partial charge in [-0.05, 0) is 95.3 Å². The largest absolute Gasteiger partial charge is 0.493 e. The second-order valence-electron chi connectivity index (χ2n) is 12.7. The number of likely N-dealkylation sites (tertiary alicyclic amines) is 1. The number of benzene rings is 2. The molecule has 1 N–H and O–H groups in total. The predicted octanol–water partition coefficient (Wildman–Crippen LogP) is 4.46. The van der Waals surface area contributed by atoms with Crippen LogP contribution in [0.25, 0.3) is 0 Å². The summed E-state index contributed by atoms with van der Waals surface area (Å²) in [7, 11) is 4.68. The number of nitrogens with one attached hydrogen (secondary N) is 1. The summed E-state index contributed by atoms with van der Waals surface area (Å²) in [4.78, 5) is 65.6. The summed E-state index contributed by atoms with van der Waals surface area (Å²) >= 11 is 0. The van der Waals surface area contributed by atoms with Gasteiger partial charge in [-0.3, -0.25) is 14.4 Å². The molecule has 1 saturated heterocycles. The second kappa shape index (κ2) is 18.9. The van der Waals surface area contributed by atoms with E-state index in [0.29, 0.717) is 30.9 Å². The zero-order chi connectivity index (χ0) is 37.7. The monoisotopic (exact) mass is 716 g/mol. The maximum Gasteiger partial charge on any atom is 0.330 e. The van der Waals surface area contributed by atoms with Crippen LogP contribution in [0.1, 0.15) is 63.7 Å². The first-order valence-corrected chi connectivity index (χ1v) is 16.6. The molecule has 1 amide bonds. The van der Waals surface area contributed by atoms with Crippen molar-refractivity contribution < 1.29 is 56.4 Å². The number of nitrogens with zero attached hydrogens (tertiary/aromatic N) is 1. The lowest BCUT2D eigenvalue weighted by Gasteiger charge is -2.36. The van der Waals surface area contributed by atoms with Crippen LogP contribution in [0.5, 0.6) is 17.2 Å². The lowest BCUT2D eigenvalue weighted by atomic mass is 9.87. The van der Waals surface area contributed by atoms with Crippen molar-refractivity contribution in [1.82, 2.24) is 10.2 Å². The molecule has 1 heterocycles. The summed E-state index contributed by atoms with van der Waals surface area (Å²) in [5.74, 6) is -5.90. The van der Waals surface area contributed by atoms with E-state index >= 15 is 0 Å². The number of hydrogen-bond acceptors (Lipinski definition) is 11. The molecule has 1 fully saturated rings. The molecule has 0 aromatic heterocycles. The van der Waals surface area contributed by atoms with Gasteiger partial charge < -0.3 is 33.9 Å². The van der Waals surface area contributed by atoms with E-state index < -0.39 is 71.0 Å². The first kappa shape index (κ1) is 40.6. The third-order valence-corrected chi connectivity index (χ3v) is 8.22. The Kier molecular flexibility index (Phi) is 15.1. The van der Waals surface area contributed by atoms with Gasteiger partial charge in [-0.1, -0.05) is 12.1 Å². The molecule has 0 bridgehead atoms. The van der Waals surface area contributed by atoms with Crippen LogP contribution in [-0.2, 0) is 39.9 Å². The Morgan fingerprint density at radius 2 is 1.75 bits per heavy atom. The van der Waals surface area contributed by atoms with E-state index in [9.17, 15) is 32.8 Å². The number of halogens is 2. The molecular weight excluding hydrogens is 670 g/mol. The number of esters is 2. The molecule has 1 aliphatic rings. The van der Waals surface area contributed by atoms with Gasteiger partial charge in [0.25, 0.3) is 5.91 Å². The Balaban J connectivity index is 1.88. The second-order valence-corrected chi connectivity index (χ2v) is 12.7. The number of amides is 1. The van der Waals surface area contributed by atoms with E-state index in [1.54, 1.807) is 31.3 Å². The van der Waals surface area contributed by atoms with Gasteiger partial charge in [0.05, 0.1) is 19.6 Å². The summed E-state index contributed by atoms with van der Waals surface area (Å²) in [5, 5.41) is 2.84. The summed E-state index contributed by atoms with van der Waals surface area (Å²) in [6, 6.07) is 6.10. The van der Waals surface area contributed by atoms with E-state index in [2.05, 4.69) is 5.32 Å². The highest BCUT2D eigenvalue weighted by atomic mass is 19.2. The first-order chi connectivity index (χ1) is 24.2. The van der Waals surface area contributed by atoms with Crippen molar-refractivity contribution >= 4 is 29.4 Å². The Hall–Kier alpha value is -4.85. The van der Waals surface area contributed by atoms with Crippen molar-refractivity contribution in [3.63, 3.8) is 0 Å². The number of ether oxygens (including phenoxy) is 5. The molecule has 0 unspecified atom stereocenters. The van der Waals surface area contributed by atoms with Gasteiger partial charge in [-0.15, -0.1) is 0 Å². The average molecular weight is 717 g/mol. The number of hydrogen-bond donors (Lipinski definition) is 1. The Labute approximate surface area is 296 Å². The third kappa shape index (κ3) is 11.3. The van der Waals surface area contributed by atoms with Crippen LogP contribution in [0, 0.1) is 17.0 Å². The minimum Gasteiger partial charge on any atom is -0.493 e. The van der Waals surface area contributed by atoms with Crippen LogP contribution in [-0.4, -0.2) is 87.9 Å². The Morgan fingerprint density at radius 3 is 2.41 bits per heavy atom. The maximum absolute atomic E-state index is 14.9. The van der Waals surface area contributed by atoms with E-state index in [0.717, 1.165) is 16.5 Å². The van der Waals surface area contributed by atoms with Crippen LogP contribution in [0.3, 0.4) is 0 Å². The van der Waals surface area contributed by atoms with Gasteiger partial charge in [0.2, 0.25) is 11.6 Å². The van der Waals surface area contributed by atoms with E-state index in [-0.39, 0.29) is 38.0 Å². The number of carbonyl (C=O) groups is 5. The van der Waals surface area contributed by atoms with Crippen molar-refractivity contribution in [2.45, 2.75) is 65.0 Å². The Morgan fingerprint density at radius 1 is 1.02 bits per heavy atom. The first-order valence-electron chi connectivity index (χ1n) is 16.6.